The monoisotopic (exact) mass is 331 g/mol. The Labute approximate surface area is 141 Å². The van der Waals surface area contributed by atoms with Gasteiger partial charge in [-0.3, -0.25) is 4.79 Å². The van der Waals surface area contributed by atoms with Gasteiger partial charge in [0.2, 0.25) is 0 Å². The Morgan fingerprint density at radius 1 is 1.09 bits per heavy atom. The third-order valence-electron chi connectivity index (χ3n) is 3.52. The molecule has 0 saturated heterocycles. The summed E-state index contributed by atoms with van der Waals surface area (Å²) in [5.41, 5.74) is 1.67. The number of methoxy groups -OCH3 is 2. The number of carbonyl (C=O) groups is 1. The van der Waals surface area contributed by atoms with E-state index in [9.17, 15) is 4.79 Å². The molecule has 2 rings (SSSR count). The van der Waals surface area contributed by atoms with Gasteiger partial charge in [0.25, 0.3) is 5.91 Å². The first-order valence-corrected chi connectivity index (χ1v) is 8.53. The highest BCUT2D eigenvalue weighted by Crippen LogP contribution is 2.24. The van der Waals surface area contributed by atoms with Crippen LogP contribution in [0.4, 0.5) is 0 Å². The summed E-state index contributed by atoms with van der Waals surface area (Å²) in [7, 11) is 3.27. The second-order valence-corrected chi connectivity index (χ2v) is 5.79. The van der Waals surface area contributed by atoms with Crippen LogP contribution in [0.5, 0.6) is 11.5 Å². The van der Waals surface area contributed by atoms with E-state index in [1.54, 1.807) is 26.0 Å². The summed E-state index contributed by atoms with van der Waals surface area (Å²) in [6.45, 7) is 0.534. The second-order valence-electron chi connectivity index (χ2n) is 4.91. The Balaban J connectivity index is 1.94. The van der Waals surface area contributed by atoms with E-state index >= 15 is 0 Å². The minimum atomic E-state index is -0.0699. The van der Waals surface area contributed by atoms with Crippen LogP contribution >= 0.6 is 11.8 Å². The molecule has 4 nitrogen and oxygen atoms in total. The van der Waals surface area contributed by atoms with Gasteiger partial charge in [-0.05, 0) is 60.7 Å². The van der Waals surface area contributed by atoms with Crippen molar-refractivity contribution in [3.05, 3.63) is 53.6 Å². The number of thioether (sulfide) groups is 1. The molecule has 0 spiro atoms. The molecule has 0 saturated carbocycles. The van der Waals surface area contributed by atoms with Crippen LogP contribution in [0.15, 0.2) is 47.4 Å². The number of amides is 1. The van der Waals surface area contributed by atoms with E-state index in [1.807, 2.05) is 48.7 Å². The predicted octanol–water partition coefficient (Wildman–Crippen LogP) is 3.40. The third kappa shape index (κ3) is 4.66. The van der Waals surface area contributed by atoms with E-state index in [2.05, 4.69) is 5.32 Å². The molecule has 0 bridgehead atoms. The summed E-state index contributed by atoms with van der Waals surface area (Å²) in [6, 6.07) is 13.2. The van der Waals surface area contributed by atoms with Crippen molar-refractivity contribution >= 4 is 17.7 Å². The topological polar surface area (TPSA) is 47.6 Å². The van der Waals surface area contributed by atoms with Crippen molar-refractivity contribution < 1.29 is 14.3 Å². The van der Waals surface area contributed by atoms with Crippen LogP contribution in [0.25, 0.3) is 0 Å². The maximum absolute atomic E-state index is 12.1. The van der Waals surface area contributed by atoms with Gasteiger partial charge in [-0.2, -0.15) is 0 Å². The lowest BCUT2D eigenvalue weighted by Crippen LogP contribution is -2.25. The summed E-state index contributed by atoms with van der Waals surface area (Å²) in [4.78, 5) is 13.3. The molecule has 1 amide bonds. The normalized spacial score (nSPS) is 10.2. The van der Waals surface area contributed by atoms with Crippen molar-refractivity contribution in [2.45, 2.75) is 11.3 Å². The number of ether oxygens (including phenoxy) is 2. The van der Waals surface area contributed by atoms with Crippen molar-refractivity contribution in [1.29, 1.82) is 0 Å². The first-order chi connectivity index (χ1) is 11.2. The highest BCUT2D eigenvalue weighted by Gasteiger charge is 2.08. The number of nitrogens with one attached hydrogen (secondary N) is 1. The van der Waals surface area contributed by atoms with Crippen LogP contribution in [0.1, 0.15) is 15.9 Å². The molecule has 5 heteroatoms. The Morgan fingerprint density at radius 3 is 2.43 bits per heavy atom. The minimum Gasteiger partial charge on any atom is -0.497 e. The zero-order valence-electron chi connectivity index (χ0n) is 13.6. The molecule has 0 aromatic heterocycles. The molecule has 0 heterocycles. The fourth-order valence-corrected chi connectivity index (χ4v) is 2.64. The minimum absolute atomic E-state index is 0.0699. The summed E-state index contributed by atoms with van der Waals surface area (Å²) >= 11 is 1.65. The van der Waals surface area contributed by atoms with Crippen molar-refractivity contribution in [1.82, 2.24) is 5.32 Å². The van der Waals surface area contributed by atoms with Crippen LogP contribution in [0.3, 0.4) is 0 Å². The summed E-state index contributed by atoms with van der Waals surface area (Å²) in [5, 5.41) is 2.93. The van der Waals surface area contributed by atoms with Crippen molar-refractivity contribution in [3.8, 4) is 11.5 Å². The Hall–Kier alpha value is -2.14. The quantitative estimate of drug-likeness (QED) is 0.790. The van der Waals surface area contributed by atoms with E-state index in [1.165, 1.54) is 0 Å². The lowest BCUT2D eigenvalue weighted by atomic mass is 10.1. The molecular weight excluding hydrogens is 310 g/mol. The zero-order valence-corrected chi connectivity index (χ0v) is 14.4. The van der Waals surface area contributed by atoms with Crippen molar-refractivity contribution in [3.63, 3.8) is 0 Å². The molecule has 0 aliphatic carbocycles. The van der Waals surface area contributed by atoms with Crippen LogP contribution < -0.4 is 14.8 Å². The average Bonchev–Trinajstić information content (AvgIpc) is 2.61. The SMILES string of the molecule is COc1ccc(OC)c(CCNC(=O)c2ccc(SC)cc2)c1. The molecule has 0 unspecified atom stereocenters. The Morgan fingerprint density at radius 2 is 1.83 bits per heavy atom. The highest BCUT2D eigenvalue weighted by atomic mass is 32.2. The second kappa shape index (κ2) is 8.48. The molecule has 0 atom stereocenters. The maximum atomic E-state index is 12.1. The molecule has 0 fully saturated rings. The van der Waals surface area contributed by atoms with Crippen LogP contribution in [-0.4, -0.2) is 32.9 Å². The van der Waals surface area contributed by atoms with Gasteiger partial charge in [-0.25, -0.2) is 0 Å². The van der Waals surface area contributed by atoms with Crippen molar-refractivity contribution in [2.75, 3.05) is 27.0 Å². The molecule has 122 valence electrons. The fraction of sp³-hybridized carbons (Fsp3) is 0.278. The largest absolute Gasteiger partial charge is 0.497 e. The Bertz CT molecular complexity index is 656. The summed E-state index contributed by atoms with van der Waals surface area (Å²) < 4.78 is 10.6. The van der Waals surface area contributed by atoms with Crippen molar-refractivity contribution in [2.24, 2.45) is 0 Å². The fourth-order valence-electron chi connectivity index (χ4n) is 2.23. The zero-order chi connectivity index (χ0) is 16.7. The van der Waals surface area contributed by atoms with E-state index in [4.69, 9.17) is 9.47 Å². The number of rotatable bonds is 7. The summed E-state index contributed by atoms with van der Waals surface area (Å²) in [6.07, 6.45) is 2.69. The first-order valence-electron chi connectivity index (χ1n) is 7.31. The lowest BCUT2D eigenvalue weighted by molar-refractivity contribution is 0.0954. The van der Waals surface area contributed by atoms with Crippen LogP contribution in [-0.2, 0) is 6.42 Å². The highest BCUT2D eigenvalue weighted by molar-refractivity contribution is 7.98. The van der Waals surface area contributed by atoms with E-state index in [-0.39, 0.29) is 5.91 Å². The molecule has 2 aromatic carbocycles. The number of hydrogen-bond acceptors (Lipinski definition) is 4. The van der Waals surface area contributed by atoms with Gasteiger partial charge < -0.3 is 14.8 Å². The molecule has 0 aliphatic heterocycles. The summed E-state index contributed by atoms with van der Waals surface area (Å²) in [5.74, 6) is 1.50. The van der Waals surface area contributed by atoms with Gasteiger partial charge in [-0.15, -0.1) is 11.8 Å². The van der Waals surface area contributed by atoms with Gasteiger partial charge >= 0.3 is 0 Å². The molecule has 0 radical (unpaired) electrons. The smallest absolute Gasteiger partial charge is 0.251 e. The van der Waals surface area contributed by atoms with Gasteiger partial charge in [0.05, 0.1) is 14.2 Å². The van der Waals surface area contributed by atoms with Gasteiger partial charge in [0, 0.05) is 17.0 Å². The van der Waals surface area contributed by atoms with Gasteiger partial charge in [0.1, 0.15) is 11.5 Å². The molecule has 0 aliphatic rings. The van der Waals surface area contributed by atoms with E-state index < -0.39 is 0 Å². The number of carbonyl (C=O) groups excluding carboxylic acids is 1. The third-order valence-corrected chi connectivity index (χ3v) is 4.26. The van der Waals surface area contributed by atoms with Crippen LogP contribution in [0, 0.1) is 0 Å². The van der Waals surface area contributed by atoms with Gasteiger partial charge in [0.15, 0.2) is 0 Å². The van der Waals surface area contributed by atoms with Gasteiger partial charge in [-0.1, -0.05) is 0 Å². The predicted molar refractivity (Wildman–Crippen MR) is 93.8 cm³/mol. The number of benzene rings is 2. The molecule has 2 aromatic rings. The standard InChI is InChI=1S/C18H21NO3S/c1-21-15-6-9-17(22-2)14(12-15)10-11-19-18(20)13-4-7-16(23-3)8-5-13/h4-9,12H,10-11H2,1-3H3,(H,19,20). The van der Waals surface area contributed by atoms with E-state index in [0.717, 1.165) is 22.0 Å². The first kappa shape index (κ1) is 17.2. The molecular formula is C18H21NO3S. The average molecular weight is 331 g/mol. The molecule has 1 N–H and O–H groups in total. The Kier molecular flexibility index (Phi) is 6.35. The van der Waals surface area contributed by atoms with E-state index in [0.29, 0.717) is 18.5 Å². The number of hydrogen-bond donors (Lipinski definition) is 1. The lowest BCUT2D eigenvalue weighted by Gasteiger charge is -2.11. The molecule has 23 heavy (non-hydrogen) atoms. The van der Waals surface area contributed by atoms with Crippen LogP contribution in [0.2, 0.25) is 0 Å². The maximum Gasteiger partial charge on any atom is 0.251 e.